The highest BCUT2D eigenvalue weighted by atomic mass is 16.5. The molecule has 3 rings (SSSR count). The number of ether oxygens (including phenoxy) is 2. The topological polar surface area (TPSA) is 56.6 Å². The van der Waals surface area contributed by atoms with Gasteiger partial charge in [0.15, 0.2) is 0 Å². The normalized spacial score (nSPS) is 10.5. The summed E-state index contributed by atoms with van der Waals surface area (Å²) in [5.74, 6) is 1.54. The summed E-state index contributed by atoms with van der Waals surface area (Å²) >= 11 is 0. The molecule has 0 radical (unpaired) electrons. The molecule has 6 heteroatoms. The highest BCUT2D eigenvalue weighted by Crippen LogP contribution is 2.18. The molecule has 0 bridgehead atoms. The Kier molecular flexibility index (Phi) is 6.32. The molecular formula is C22H25N3O3. The lowest BCUT2D eigenvalue weighted by Gasteiger charge is -2.18. The number of rotatable bonds is 8. The van der Waals surface area contributed by atoms with Crippen molar-refractivity contribution in [1.29, 1.82) is 0 Å². The lowest BCUT2D eigenvalue weighted by Crippen LogP contribution is -2.27. The van der Waals surface area contributed by atoms with E-state index in [1.807, 2.05) is 66.2 Å². The van der Waals surface area contributed by atoms with Crippen molar-refractivity contribution in [2.24, 2.45) is 0 Å². The molecule has 0 aliphatic carbocycles. The molecule has 3 aromatic rings. The Morgan fingerprint density at radius 3 is 2.36 bits per heavy atom. The van der Waals surface area contributed by atoms with E-state index in [-0.39, 0.29) is 5.91 Å². The summed E-state index contributed by atoms with van der Waals surface area (Å²) in [6.07, 6.45) is 1.76. The van der Waals surface area contributed by atoms with Crippen LogP contribution < -0.4 is 9.47 Å². The van der Waals surface area contributed by atoms with E-state index < -0.39 is 0 Å². The largest absolute Gasteiger partial charge is 0.497 e. The zero-order chi connectivity index (χ0) is 19.9. The summed E-state index contributed by atoms with van der Waals surface area (Å²) in [4.78, 5) is 14.4. The van der Waals surface area contributed by atoms with E-state index in [0.29, 0.717) is 18.7 Å². The van der Waals surface area contributed by atoms with E-state index in [1.54, 1.807) is 25.3 Å². The van der Waals surface area contributed by atoms with Crippen LogP contribution in [0.5, 0.6) is 11.5 Å². The van der Waals surface area contributed by atoms with Gasteiger partial charge in [0.1, 0.15) is 18.1 Å². The third-order valence-corrected chi connectivity index (χ3v) is 4.52. The van der Waals surface area contributed by atoms with E-state index in [2.05, 4.69) is 5.10 Å². The van der Waals surface area contributed by atoms with Crippen molar-refractivity contribution in [3.63, 3.8) is 0 Å². The zero-order valence-corrected chi connectivity index (χ0v) is 16.5. The van der Waals surface area contributed by atoms with Gasteiger partial charge in [-0.15, -0.1) is 0 Å². The molecule has 1 amide bonds. The molecule has 0 saturated carbocycles. The molecular weight excluding hydrogens is 354 g/mol. The first kappa shape index (κ1) is 19.5. The fraction of sp³-hybridized carbons (Fsp3) is 0.273. The van der Waals surface area contributed by atoms with Crippen LogP contribution in [0.4, 0.5) is 0 Å². The zero-order valence-electron chi connectivity index (χ0n) is 16.5. The Hall–Kier alpha value is -3.28. The van der Waals surface area contributed by atoms with Gasteiger partial charge in [-0.05, 0) is 55.0 Å². The molecule has 0 saturated heterocycles. The molecule has 146 valence electrons. The molecule has 0 spiro atoms. The van der Waals surface area contributed by atoms with E-state index in [4.69, 9.17) is 9.47 Å². The van der Waals surface area contributed by atoms with Crippen molar-refractivity contribution in [3.8, 4) is 11.5 Å². The standard InChI is InChI=1S/C22H25N3O3/c1-4-25-19(13-14-23-25)15-24(2)22(26)18-7-5-17(6-8-18)16-28-21-11-9-20(27-3)10-12-21/h5-14H,4,15-16H2,1-3H3. The fourth-order valence-electron chi connectivity index (χ4n) is 2.90. The molecule has 0 fully saturated rings. The summed E-state index contributed by atoms with van der Waals surface area (Å²) in [5, 5.41) is 4.24. The lowest BCUT2D eigenvalue weighted by molar-refractivity contribution is 0.0781. The molecule has 0 atom stereocenters. The van der Waals surface area contributed by atoms with E-state index in [9.17, 15) is 4.79 Å². The maximum atomic E-state index is 12.7. The number of benzene rings is 2. The SMILES string of the molecule is CCn1nccc1CN(C)C(=O)c1ccc(COc2ccc(OC)cc2)cc1. The van der Waals surface area contributed by atoms with Gasteiger partial charge < -0.3 is 14.4 Å². The minimum atomic E-state index is -0.0218. The summed E-state index contributed by atoms with van der Waals surface area (Å²) < 4.78 is 12.8. The van der Waals surface area contributed by atoms with E-state index >= 15 is 0 Å². The van der Waals surface area contributed by atoms with E-state index in [1.165, 1.54) is 0 Å². The van der Waals surface area contributed by atoms with Gasteiger partial charge in [-0.3, -0.25) is 9.48 Å². The number of carbonyl (C=O) groups excluding carboxylic acids is 1. The van der Waals surface area contributed by atoms with Crippen molar-refractivity contribution in [3.05, 3.63) is 77.6 Å². The van der Waals surface area contributed by atoms with Gasteiger partial charge in [0.25, 0.3) is 5.91 Å². The Morgan fingerprint density at radius 2 is 1.71 bits per heavy atom. The van der Waals surface area contributed by atoms with Crippen LogP contribution in [-0.2, 0) is 19.7 Å². The Balaban J connectivity index is 1.57. The van der Waals surface area contributed by atoms with Crippen LogP contribution >= 0.6 is 0 Å². The number of hydrogen-bond acceptors (Lipinski definition) is 4. The lowest BCUT2D eigenvalue weighted by atomic mass is 10.1. The monoisotopic (exact) mass is 379 g/mol. The van der Waals surface area contributed by atoms with Crippen molar-refractivity contribution in [1.82, 2.24) is 14.7 Å². The molecule has 0 aliphatic rings. The fourth-order valence-corrected chi connectivity index (χ4v) is 2.90. The first-order chi connectivity index (χ1) is 13.6. The molecule has 1 heterocycles. The van der Waals surface area contributed by atoms with Gasteiger partial charge in [0.05, 0.1) is 19.3 Å². The number of aromatic nitrogens is 2. The predicted molar refractivity (Wildman–Crippen MR) is 107 cm³/mol. The first-order valence-electron chi connectivity index (χ1n) is 9.22. The quantitative estimate of drug-likeness (QED) is 0.598. The summed E-state index contributed by atoms with van der Waals surface area (Å²) in [6.45, 7) is 3.78. The molecule has 1 aromatic heterocycles. The molecule has 0 aliphatic heterocycles. The highest BCUT2D eigenvalue weighted by molar-refractivity contribution is 5.94. The summed E-state index contributed by atoms with van der Waals surface area (Å²) in [7, 11) is 3.43. The van der Waals surface area contributed by atoms with E-state index in [0.717, 1.165) is 29.3 Å². The second-order valence-corrected chi connectivity index (χ2v) is 6.46. The number of carbonyl (C=O) groups is 1. The first-order valence-corrected chi connectivity index (χ1v) is 9.22. The Bertz CT molecular complexity index is 902. The van der Waals surface area contributed by atoms with Crippen molar-refractivity contribution < 1.29 is 14.3 Å². The van der Waals surface area contributed by atoms with Crippen LogP contribution in [0.3, 0.4) is 0 Å². The van der Waals surface area contributed by atoms with Crippen LogP contribution in [0.25, 0.3) is 0 Å². The molecule has 6 nitrogen and oxygen atoms in total. The van der Waals surface area contributed by atoms with Crippen molar-refractivity contribution in [2.75, 3.05) is 14.2 Å². The maximum Gasteiger partial charge on any atom is 0.253 e. The van der Waals surface area contributed by atoms with Gasteiger partial charge in [-0.2, -0.15) is 5.10 Å². The summed E-state index contributed by atoms with van der Waals surface area (Å²) in [6, 6.07) is 16.9. The molecule has 0 unspecified atom stereocenters. The van der Waals surface area contributed by atoms with Crippen LogP contribution in [0.15, 0.2) is 60.8 Å². The molecule has 2 aromatic carbocycles. The average molecular weight is 379 g/mol. The van der Waals surface area contributed by atoms with Crippen molar-refractivity contribution in [2.45, 2.75) is 26.6 Å². The number of hydrogen-bond donors (Lipinski definition) is 0. The average Bonchev–Trinajstić information content (AvgIpc) is 3.19. The maximum absolute atomic E-state index is 12.7. The predicted octanol–water partition coefficient (Wildman–Crippen LogP) is 3.76. The van der Waals surface area contributed by atoms with Gasteiger partial charge in [-0.25, -0.2) is 0 Å². The third kappa shape index (κ3) is 4.71. The molecule has 28 heavy (non-hydrogen) atoms. The second kappa shape index (κ2) is 9.08. The van der Waals surface area contributed by atoms with Gasteiger partial charge in [0.2, 0.25) is 0 Å². The summed E-state index contributed by atoms with van der Waals surface area (Å²) in [5.41, 5.74) is 2.67. The van der Waals surface area contributed by atoms with Crippen LogP contribution in [0.1, 0.15) is 28.5 Å². The second-order valence-electron chi connectivity index (χ2n) is 6.46. The van der Waals surface area contributed by atoms with Crippen LogP contribution in [-0.4, -0.2) is 34.7 Å². The minimum absolute atomic E-state index is 0.0218. The van der Waals surface area contributed by atoms with Gasteiger partial charge in [0, 0.05) is 25.4 Å². The number of methoxy groups -OCH3 is 1. The van der Waals surface area contributed by atoms with Crippen LogP contribution in [0.2, 0.25) is 0 Å². The smallest absolute Gasteiger partial charge is 0.253 e. The van der Waals surface area contributed by atoms with Crippen molar-refractivity contribution >= 4 is 5.91 Å². The van der Waals surface area contributed by atoms with Gasteiger partial charge in [-0.1, -0.05) is 12.1 Å². The Morgan fingerprint density at radius 1 is 1.04 bits per heavy atom. The third-order valence-electron chi connectivity index (χ3n) is 4.52. The van der Waals surface area contributed by atoms with Gasteiger partial charge >= 0.3 is 0 Å². The number of nitrogens with zero attached hydrogens (tertiary/aromatic N) is 3. The van der Waals surface area contributed by atoms with Crippen LogP contribution in [0, 0.1) is 0 Å². The highest BCUT2D eigenvalue weighted by Gasteiger charge is 2.14. The minimum Gasteiger partial charge on any atom is -0.497 e. The Labute approximate surface area is 165 Å². The number of aryl methyl sites for hydroxylation is 1. The molecule has 0 N–H and O–H groups in total. The number of amides is 1.